The number of nitrogens with one attached hydrogen (secondary N) is 1. The van der Waals surface area contributed by atoms with Crippen molar-refractivity contribution in [1.82, 2.24) is 10.2 Å². The van der Waals surface area contributed by atoms with Crippen molar-refractivity contribution in [3.05, 3.63) is 35.9 Å². The number of hydrogen-bond acceptors (Lipinski definition) is 3. The van der Waals surface area contributed by atoms with Gasteiger partial charge in [-0.1, -0.05) is 37.3 Å². The van der Waals surface area contributed by atoms with Crippen molar-refractivity contribution in [3.63, 3.8) is 0 Å². The van der Waals surface area contributed by atoms with E-state index < -0.39 is 0 Å². The highest BCUT2D eigenvalue weighted by molar-refractivity contribution is 5.74. The molecule has 0 saturated carbocycles. The summed E-state index contributed by atoms with van der Waals surface area (Å²) >= 11 is 0. The molecule has 132 valence electrons. The van der Waals surface area contributed by atoms with E-state index in [0.717, 1.165) is 19.3 Å². The monoisotopic (exact) mass is 332 g/mol. The molecular formula is C19H28N2O3. The van der Waals surface area contributed by atoms with Crippen LogP contribution in [0.25, 0.3) is 0 Å². The Labute approximate surface area is 144 Å². The highest BCUT2D eigenvalue weighted by Gasteiger charge is 2.34. The zero-order valence-corrected chi connectivity index (χ0v) is 14.7. The SMILES string of the molecule is CC[C@]1(C)CN(C(=O)N[C@@H]2CCO[C@@H](c3ccccc3)C2)CCO1. The Morgan fingerprint density at radius 2 is 2.12 bits per heavy atom. The van der Waals surface area contributed by atoms with Crippen molar-refractivity contribution in [2.24, 2.45) is 0 Å². The van der Waals surface area contributed by atoms with E-state index in [1.165, 1.54) is 5.56 Å². The molecule has 2 aliphatic rings. The van der Waals surface area contributed by atoms with Gasteiger partial charge in [0.05, 0.1) is 24.9 Å². The minimum atomic E-state index is -0.224. The van der Waals surface area contributed by atoms with Crippen molar-refractivity contribution >= 4 is 6.03 Å². The number of amides is 2. The highest BCUT2D eigenvalue weighted by Crippen LogP contribution is 2.28. The Balaban J connectivity index is 1.56. The van der Waals surface area contributed by atoms with Gasteiger partial charge in [0.25, 0.3) is 0 Å². The Bertz CT molecular complexity index is 551. The Morgan fingerprint density at radius 3 is 2.88 bits per heavy atom. The van der Waals surface area contributed by atoms with Crippen LogP contribution in [0.1, 0.15) is 44.8 Å². The van der Waals surface area contributed by atoms with Crippen molar-refractivity contribution < 1.29 is 14.3 Å². The van der Waals surface area contributed by atoms with Gasteiger partial charge in [0, 0.05) is 19.2 Å². The molecule has 5 nitrogen and oxygen atoms in total. The molecule has 0 unspecified atom stereocenters. The first-order valence-corrected chi connectivity index (χ1v) is 8.95. The molecule has 2 aliphatic heterocycles. The molecule has 0 bridgehead atoms. The van der Waals surface area contributed by atoms with Crippen molar-refractivity contribution in [2.45, 2.75) is 50.9 Å². The van der Waals surface area contributed by atoms with Crippen LogP contribution in [-0.4, -0.2) is 48.9 Å². The maximum atomic E-state index is 12.6. The zero-order valence-electron chi connectivity index (χ0n) is 14.7. The topological polar surface area (TPSA) is 50.8 Å². The number of ether oxygens (including phenoxy) is 2. The van der Waals surface area contributed by atoms with E-state index in [4.69, 9.17) is 9.47 Å². The quantitative estimate of drug-likeness (QED) is 0.925. The predicted octanol–water partition coefficient (Wildman–Crippen LogP) is 3.12. The van der Waals surface area contributed by atoms with Gasteiger partial charge >= 0.3 is 6.03 Å². The number of carbonyl (C=O) groups excluding carboxylic acids is 1. The first kappa shape index (κ1) is 17.2. The van der Waals surface area contributed by atoms with E-state index in [1.807, 2.05) is 23.1 Å². The summed E-state index contributed by atoms with van der Waals surface area (Å²) in [4.78, 5) is 14.5. The van der Waals surface area contributed by atoms with Crippen molar-refractivity contribution in [2.75, 3.05) is 26.3 Å². The maximum Gasteiger partial charge on any atom is 0.317 e. The first-order chi connectivity index (χ1) is 11.6. The number of morpholine rings is 1. The van der Waals surface area contributed by atoms with E-state index in [0.29, 0.717) is 26.3 Å². The summed E-state index contributed by atoms with van der Waals surface area (Å²) < 4.78 is 11.7. The van der Waals surface area contributed by atoms with Gasteiger partial charge in [-0.15, -0.1) is 0 Å². The van der Waals surface area contributed by atoms with Gasteiger partial charge in [-0.3, -0.25) is 0 Å². The second-order valence-electron chi connectivity index (χ2n) is 7.01. The minimum Gasteiger partial charge on any atom is -0.373 e. The molecule has 1 aromatic rings. The molecule has 3 rings (SSSR count). The molecule has 2 fully saturated rings. The third-order valence-corrected chi connectivity index (χ3v) is 5.16. The summed E-state index contributed by atoms with van der Waals surface area (Å²) in [6.45, 7) is 6.78. The zero-order chi connectivity index (χ0) is 17.0. The molecule has 1 aromatic carbocycles. The lowest BCUT2D eigenvalue weighted by atomic mass is 9.97. The predicted molar refractivity (Wildman–Crippen MR) is 92.9 cm³/mol. The Hall–Kier alpha value is -1.59. The first-order valence-electron chi connectivity index (χ1n) is 8.95. The standard InChI is InChI=1S/C19H28N2O3/c1-3-19(2)14-21(10-12-24-19)18(22)20-16-9-11-23-17(13-16)15-7-5-4-6-8-15/h4-8,16-17H,3,9-14H2,1-2H3,(H,20,22)/t16-,17-,19-/m1/s1. The van der Waals surface area contributed by atoms with Gasteiger partial charge in [-0.05, 0) is 31.7 Å². The molecule has 0 spiro atoms. The van der Waals surface area contributed by atoms with E-state index in [1.54, 1.807) is 0 Å². The molecule has 2 heterocycles. The van der Waals surface area contributed by atoms with E-state index in [2.05, 4.69) is 31.3 Å². The van der Waals surface area contributed by atoms with Crippen LogP contribution in [0.4, 0.5) is 4.79 Å². The lowest BCUT2D eigenvalue weighted by Crippen LogP contribution is -2.56. The smallest absolute Gasteiger partial charge is 0.317 e. The second kappa shape index (κ2) is 7.53. The molecule has 0 aliphatic carbocycles. The van der Waals surface area contributed by atoms with E-state index in [-0.39, 0.29) is 23.8 Å². The molecule has 3 atom stereocenters. The summed E-state index contributed by atoms with van der Waals surface area (Å²) in [5.41, 5.74) is 0.957. The van der Waals surface area contributed by atoms with Crippen LogP contribution in [-0.2, 0) is 9.47 Å². The summed E-state index contributed by atoms with van der Waals surface area (Å²) in [5.74, 6) is 0. The normalized spacial score (nSPS) is 30.8. The fourth-order valence-electron chi connectivity index (χ4n) is 3.41. The van der Waals surface area contributed by atoms with E-state index >= 15 is 0 Å². The number of urea groups is 1. The van der Waals surface area contributed by atoms with Crippen molar-refractivity contribution in [1.29, 1.82) is 0 Å². The summed E-state index contributed by atoms with van der Waals surface area (Å²) in [7, 11) is 0. The summed E-state index contributed by atoms with van der Waals surface area (Å²) in [6.07, 6.45) is 2.66. The average molecular weight is 332 g/mol. The van der Waals surface area contributed by atoms with Gasteiger partial charge in [0.2, 0.25) is 0 Å². The van der Waals surface area contributed by atoms with Gasteiger partial charge in [-0.25, -0.2) is 4.79 Å². The summed E-state index contributed by atoms with van der Waals surface area (Å²) in [5, 5.41) is 3.20. The van der Waals surface area contributed by atoms with Crippen LogP contribution in [0.5, 0.6) is 0 Å². The molecule has 1 N–H and O–H groups in total. The molecule has 24 heavy (non-hydrogen) atoms. The van der Waals surface area contributed by atoms with Gasteiger partial charge in [-0.2, -0.15) is 0 Å². The Kier molecular flexibility index (Phi) is 5.41. The van der Waals surface area contributed by atoms with Crippen LogP contribution in [0.15, 0.2) is 30.3 Å². The Morgan fingerprint density at radius 1 is 1.33 bits per heavy atom. The van der Waals surface area contributed by atoms with Crippen LogP contribution >= 0.6 is 0 Å². The third kappa shape index (κ3) is 4.08. The molecule has 5 heteroatoms. The van der Waals surface area contributed by atoms with Crippen LogP contribution in [0, 0.1) is 0 Å². The molecule has 0 aromatic heterocycles. The number of rotatable bonds is 3. The largest absolute Gasteiger partial charge is 0.373 e. The van der Waals surface area contributed by atoms with Gasteiger partial charge in [0.15, 0.2) is 0 Å². The average Bonchev–Trinajstić information content (AvgIpc) is 2.63. The summed E-state index contributed by atoms with van der Waals surface area (Å²) in [6, 6.07) is 10.4. The molecular weight excluding hydrogens is 304 g/mol. The number of nitrogens with zero attached hydrogens (tertiary/aromatic N) is 1. The van der Waals surface area contributed by atoms with E-state index in [9.17, 15) is 4.79 Å². The molecule has 0 radical (unpaired) electrons. The van der Waals surface area contributed by atoms with Crippen LogP contribution in [0.2, 0.25) is 0 Å². The van der Waals surface area contributed by atoms with Crippen molar-refractivity contribution in [3.8, 4) is 0 Å². The fraction of sp³-hybridized carbons (Fsp3) is 0.632. The third-order valence-electron chi connectivity index (χ3n) is 5.16. The van der Waals surface area contributed by atoms with Gasteiger partial charge in [0.1, 0.15) is 0 Å². The number of carbonyl (C=O) groups is 1. The molecule has 2 saturated heterocycles. The van der Waals surface area contributed by atoms with Gasteiger partial charge < -0.3 is 19.7 Å². The lowest BCUT2D eigenvalue weighted by molar-refractivity contribution is -0.0879. The van der Waals surface area contributed by atoms with Crippen LogP contribution < -0.4 is 5.32 Å². The minimum absolute atomic E-state index is 0.0247. The van der Waals surface area contributed by atoms with Crippen LogP contribution in [0.3, 0.4) is 0 Å². The fourth-order valence-corrected chi connectivity index (χ4v) is 3.41. The lowest BCUT2D eigenvalue weighted by Gasteiger charge is -2.41. The highest BCUT2D eigenvalue weighted by atomic mass is 16.5. The molecule has 2 amide bonds. The second-order valence-corrected chi connectivity index (χ2v) is 7.01. The maximum absolute atomic E-state index is 12.6. The number of hydrogen-bond donors (Lipinski definition) is 1. The number of benzene rings is 1.